The molecular formula is C12H20O4. The van der Waals surface area contributed by atoms with E-state index in [9.17, 15) is 9.59 Å². The van der Waals surface area contributed by atoms with Gasteiger partial charge >= 0.3 is 11.9 Å². The summed E-state index contributed by atoms with van der Waals surface area (Å²) in [5.41, 5.74) is 0.255. The van der Waals surface area contributed by atoms with Crippen LogP contribution in [-0.2, 0) is 14.3 Å². The van der Waals surface area contributed by atoms with Gasteiger partial charge in [-0.05, 0) is 19.3 Å². The molecule has 0 atom stereocenters. The maximum absolute atomic E-state index is 11.5. The molecule has 4 heteroatoms. The number of hydrogen-bond donors (Lipinski definition) is 1. The number of aliphatic carboxylic acids is 1. The summed E-state index contributed by atoms with van der Waals surface area (Å²) in [4.78, 5) is 22.0. The van der Waals surface area contributed by atoms with E-state index >= 15 is 0 Å². The molecule has 0 aromatic rings. The average Bonchev–Trinajstić information content (AvgIpc) is 2.23. The number of carbonyl (C=O) groups excluding carboxylic acids is 1. The standard InChI is InChI=1S/C12H20O4/c1-3-5-7-10(9-11(13)14)12(15)16-8-6-4-2/h9H,3-8H2,1-2H3,(H,13,14)/b10-9-. The lowest BCUT2D eigenvalue weighted by Crippen LogP contribution is -2.10. The van der Waals surface area contributed by atoms with E-state index in [1.54, 1.807) is 0 Å². The van der Waals surface area contributed by atoms with Crippen molar-refractivity contribution in [1.82, 2.24) is 0 Å². The molecule has 0 saturated heterocycles. The van der Waals surface area contributed by atoms with Gasteiger partial charge in [0.1, 0.15) is 0 Å². The maximum atomic E-state index is 11.5. The minimum absolute atomic E-state index is 0.255. The molecule has 0 bridgehead atoms. The molecule has 0 rings (SSSR count). The first-order valence-electron chi connectivity index (χ1n) is 5.72. The Labute approximate surface area is 96.3 Å². The molecule has 0 amide bonds. The largest absolute Gasteiger partial charge is 0.478 e. The number of carbonyl (C=O) groups is 2. The zero-order valence-electron chi connectivity index (χ0n) is 9.99. The van der Waals surface area contributed by atoms with Crippen molar-refractivity contribution in [1.29, 1.82) is 0 Å². The molecule has 4 nitrogen and oxygen atoms in total. The zero-order valence-corrected chi connectivity index (χ0v) is 9.99. The third kappa shape index (κ3) is 7.04. The second-order valence-corrected chi connectivity index (χ2v) is 3.60. The van der Waals surface area contributed by atoms with Crippen LogP contribution in [-0.4, -0.2) is 23.7 Å². The summed E-state index contributed by atoms with van der Waals surface area (Å²) in [5, 5.41) is 8.62. The minimum atomic E-state index is -1.10. The molecule has 0 radical (unpaired) electrons. The lowest BCUT2D eigenvalue weighted by Gasteiger charge is -2.06. The molecule has 0 saturated carbocycles. The van der Waals surface area contributed by atoms with Gasteiger partial charge in [0.25, 0.3) is 0 Å². The van der Waals surface area contributed by atoms with E-state index in [1.807, 2.05) is 13.8 Å². The van der Waals surface area contributed by atoms with Crippen molar-refractivity contribution in [2.24, 2.45) is 0 Å². The molecule has 0 aromatic carbocycles. The lowest BCUT2D eigenvalue weighted by atomic mass is 10.1. The summed E-state index contributed by atoms with van der Waals surface area (Å²) in [5.74, 6) is -1.59. The summed E-state index contributed by atoms with van der Waals surface area (Å²) in [6.07, 6.45) is 4.87. The smallest absolute Gasteiger partial charge is 0.334 e. The van der Waals surface area contributed by atoms with E-state index in [2.05, 4.69) is 0 Å². The minimum Gasteiger partial charge on any atom is -0.478 e. The molecule has 0 aliphatic rings. The molecule has 0 fully saturated rings. The molecule has 0 aliphatic carbocycles. The Morgan fingerprint density at radius 2 is 1.81 bits per heavy atom. The van der Waals surface area contributed by atoms with Gasteiger partial charge in [0.2, 0.25) is 0 Å². The predicted molar refractivity (Wildman–Crippen MR) is 61.1 cm³/mol. The van der Waals surface area contributed by atoms with Crippen molar-refractivity contribution in [2.75, 3.05) is 6.61 Å². The summed E-state index contributed by atoms with van der Waals surface area (Å²) >= 11 is 0. The van der Waals surface area contributed by atoms with Crippen molar-refractivity contribution in [3.63, 3.8) is 0 Å². The summed E-state index contributed by atoms with van der Waals surface area (Å²) < 4.78 is 4.97. The van der Waals surface area contributed by atoms with Gasteiger partial charge in [0.05, 0.1) is 6.61 Å². The van der Waals surface area contributed by atoms with Crippen LogP contribution in [0.25, 0.3) is 0 Å². The number of ether oxygens (including phenoxy) is 1. The third-order valence-electron chi connectivity index (χ3n) is 2.09. The zero-order chi connectivity index (χ0) is 12.4. The predicted octanol–water partition coefficient (Wildman–Crippen LogP) is 2.53. The van der Waals surface area contributed by atoms with Crippen LogP contribution in [0.3, 0.4) is 0 Å². The van der Waals surface area contributed by atoms with Gasteiger partial charge in [-0.15, -0.1) is 0 Å². The van der Waals surface area contributed by atoms with Gasteiger partial charge in [-0.1, -0.05) is 26.7 Å². The van der Waals surface area contributed by atoms with Crippen molar-refractivity contribution < 1.29 is 19.4 Å². The molecule has 1 N–H and O–H groups in total. The Kier molecular flexibility index (Phi) is 8.21. The topological polar surface area (TPSA) is 63.6 Å². The van der Waals surface area contributed by atoms with Crippen LogP contribution >= 0.6 is 0 Å². The maximum Gasteiger partial charge on any atom is 0.334 e. The molecule has 0 unspecified atom stereocenters. The Hall–Kier alpha value is -1.32. The fraction of sp³-hybridized carbons (Fsp3) is 0.667. The fourth-order valence-electron chi connectivity index (χ4n) is 1.15. The summed E-state index contributed by atoms with van der Waals surface area (Å²) in [6, 6.07) is 0. The van der Waals surface area contributed by atoms with Crippen molar-refractivity contribution >= 4 is 11.9 Å². The van der Waals surface area contributed by atoms with E-state index in [0.29, 0.717) is 13.0 Å². The monoisotopic (exact) mass is 228 g/mol. The van der Waals surface area contributed by atoms with Crippen LogP contribution in [0.1, 0.15) is 46.0 Å². The van der Waals surface area contributed by atoms with E-state index in [1.165, 1.54) is 0 Å². The lowest BCUT2D eigenvalue weighted by molar-refractivity contribution is -0.140. The highest BCUT2D eigenvalue weighted by atomic mass is 16.5. The molecule has 92 valence electrons. The van der Waals surface area contributed by atoms with E-state index in [0.717, 1.165) is 31.8 Å². The Morgan fingerprint density at radius 1 is 1.19 bits per heavy atom. The molecule has 0 aromatic heterocycles. The quantitative estimate of drug-likeness (QED) is 0.394. The van der Waals surface area contributed by atoms with Crippen LogP contribution in [0.4, 0.5) is 0 Å². The van der Waals surface area contributed by atoms with Crippen molar-refractivity contribution in [3.8, 4) is 0 Å². The van der Waals surface area contributed by atoms with Crippen LogP contribution < -0.4 is 0 Å². The second-order valence-electron chi connectivity index (χ2n) is 3.60. The number of rotatable bonds is 8. The number of carboxylic acid groups (broad SMARTS) is 1. The Balaban J connectivity index is 4.27. The number of carboxylic acids is 1. The first kappa shape index (κ1) is 14.7. The van der Waals surface area contributed by atoms with Gasteiger partial charge < -0.3 is 9.84 Å². The molecule has 16 heavy (non-hydrogen) atoms. The fourth-order valence-corrected chi connectivity index (χ4v) is 1.15. The van der Waals surface area contributed by atoms with Gasteiger partial charge in [0.15, 0.2) is 0 Å². The highest BCUT2D eigenvalue weighted by molar-refractivity contribution is 5.95. The molecule has 0 aliphatic heterocycles. The average molecular weight is 228 g/mol. The Bertz CT molecular complexity index is 256. The van der Waals surface area contributed by atoms with E-state index < -0.39 is 11.9 Å². The molecule has 0 heterocycles. The number of unbranched alkanes of at least 4 members (excludes halogenated alkanes) is 2. The third-order valence-corrected chi connectivity index (χ3v) is 2.09. The Morgan fingerprint density at radius 3 is 2.31 bits per heavy atom. The van der Waals surface area contributed by atoms with Gasteiger partial charge in [-0.3, -0.25) is 0 Å². The highest BCUT2D eigenvalue weighted by Gasteiger charge is 2.11. The van der Waals surface area contributed by atoms with Crippen LogP contribution in [0.15, 0.2) is 11.6 Å². The van der Waals surface area contributed by atoms with Crippen molar-refractivity contribution in [3.05, 3.63) is 11.6 Å². The summed E-state index contributed by atoms with van der Waals surface area (Å²) in [6.45, 7) is 4.35. The highest BCUT2D eigenvalue weighted by Crippen LogP contribution is 2.09. The first-order valence-corrected chi connectivity index (χ1v) is 5.72. The van der Waals surface area contributed by atoms with Crippen LogP contribution in [0.5, 0.6) is 0 Å². The normalized spacial score (nSPS) is 11.2. The second kappa shape index (κ2) is 8.95. The first-order chi connectivity index (χ1) is 7.61. The SMILES string of the molecule is CCCCOC(=O)/C(=C\C(=O)O)CCCC. The van der Waals surface area contributed by atoms with E-state index in [4.69, 9.17) is 9.84 Å². The van der Waals surface area contributed by atoms with Gasteiger partial charge in [-0.2, -0.15) is 0 Å². The van der Waals surface area contributed by atoms with Gasteiger partial charge in [-0.25, -0.2) is 9.59 Å². The molecular weight excluding hydrogens is 208 g/mol. The number of hydrogen-bond acceptors (Lipinski definition) is 3. The van der Waals surface area contributed by atoms with E-state index in [-0.39, 0.29) is 5.57 Å². The van der Waals surface area contributed by atoms with Crippen LogP contribution in [0.2, 0.25) is 0 Å². The molecule has 0 spiro atoms. The summed E-state index contributed by atoms with van der Waals surface area (Å²) in [7, 11) is 0. The van der Waals surface area contributed by atoms with Crippen molar-refractivity contribution in [2.45, 2.75) is 46.0 Å². The number of esters is 1. The van der Waals surface area contributed by atoms with Crippen LogP contribution in [0, 0.1) is 0 Å². The van der Waals surface area contributed by atoms with Gasteiger partial charge in [0, 0.05) is 11.6 Å².